The van der Waals surface area contributed by atoms with Crippen molar-refractivity contribution in [2.24, 2.45) is 11.3 Å². The zero-order chi connectivity index (χ0) is 18.0. The van der Waals surface area contributed by atoms with Crippen LogP contribution in [0.25, 0.3) is 0 Å². The first-order chi connectivity index (χ1) is 12.7. The summed E-state index contributed by atoms with van der Waals surface area (Å²) in [7, 11) is 0. The normalized spacial score (nSPS) is 21.6. The van der Waals surface area contributed by atoms with Crippen molar-refractivity contribution in [3.8, 4) is 0 Å². The molecular weight excluding hydrogens is 328 g/mol. The fraction of sp³-hybridized carbons (Fsp3) is 0.450. The van der Waals surface area contributed by atoms with Crippen molar-refractivity contribution in [2.75, 3.05) is 37.7 Å². The van der Waals surface area contributed by atoms with E-state index in [-0.39, 0.29) is 17.3 Å². The van der Waals surface area contributed by atoms with Gasteiger partial charge in [-0.2, -0.15) is 0 Å². The minimum absolute atomic E-state index is 0.0692. The number of rotatable bonds is 5. The van der Waals surface area contributed by atoms with Gasteiger partial charge < -0.3 is 9.64 Å². The van der Waals surface area contributed by atoms with Crippen LogP contribution in [0.5, 0.6) is 0 Å². The molecule has 1 spiro atoms. The third-order valence-corrected chi connectivity index (χ3v) is 5.39. The summed E-state index contributed by atoms with van der Waals surface area (Å²) in [6.45, 7) is 6.39. The number of aromatic nitrogens is 2. The van der Waals surface area contributed by atoms with Crippen LogP contribution in [0.2, 0.25) is 0 Å². The summed E-state index contributed by atoms with van der Waals surface area (Å²) < 4.78 is 5.38. The van der Waals surface area contributed by atoms with E-state index in [1.165, 1.54) is 5.56 Å². The zero-order valence-corrected chi connectivity index (χ0v) is 15.0. The SMILES string of the molecule is CCOC(=O)C1CN(Cc2ccccc2)CC12CN(c1ncccn1)C2. The van der Waals surface area contributed by atoms with Crippen LogP contribution in [0.15, 0.2) is 48.8 Å². The van der Waals surface area contributed by atoms with Crippen molar-refractivity contribution >= 4 is 11.9 Å². The lowest BCUT2D eigenvalue weighted by molar-refractivity contribution is -0.151. The highest BCUT2D eigenvalue weighted by atomic mass is 16.5. The number of nitrogens with zero attached hydrogens (tertiary/aromatic N) is 4. The fourth-order valence-electron chi connectivity index (χ4n) is 4.23. The summed E-state index contributed by atoms with van der Waals surface area (Å²) in [6, 6.07) is 12.2. The van der Waals surface area contributed by atoms with Gasteiger partial charge in [0.05, 0.1) is 12.5 Å². The molecular formula is C20H24N4O2. The van der Waals surface area contributed by atoms with Crippen LogP contribution in [0.1, 0.15) is 12.5 Å². The van der Waals surface area contributed by atoms with Gasteiger partial charge in [0.25, 0.3) is 0 Å². The quantitative estimate of drug-likeness (QED) is 0.767. The van der Waals surface area contributed by atoms with Gasteiger partial charge in [0.2, 0.25) is 5.95 Å². The predicted octanol–water partition coefficient (Wildman–Crippen LogP) is 1.98. The molecule has 1 aromatic heterocycles. The Morgan fingerprint density at radius 1 is 1.15 bits per heavy atom. The van der Waals surface area contributed by atoms with Gasteiger partial charge in [0, 0.05) is 50.5 Å². The smallest absolute Gasteiger partial charge is 0.310 e. The van der Waals surface area contributed by atoms with E-state index < -0.39 is 0 Å². The number of carbonyl (C=O) groups excluding carboxylic acids is 1. The van der Waals surface area contributed by atoms with E-state index in [1.807, 2.05) is 19.1 Å². The number of hydrogen-bond donors (Lipinski definition) is 0. The van der Waals surface area contributed by atoms with Crippen LogP contribution in [0.3, 0.4) is 0 Å². The molecule has 1 unspecified atom stereocenters. The lowest BCUT2D eigenvalue weighted by Crippen LogP contribution is -2.62. The van der Waals surface area contributed by atoms with Gasteiger partial charge in [-0.05, 0) is 18.6 Å². The topological polar surface area (TPSA) is 58.6 Å². The van der Waals surface area contributed by atoms with Crippen molar-refractivity contribution < 1.29 is 9.53 Å². The number of anilines is 1. The zero-order valence-electron chi connectivity index (χ0n) is 15.0. The second kappa shape index (κ2) is 7.03. The second-order valence-electron chi connectivity index (χ2n) is 7.23. The Kier molecular flexibility index (Phi) is 4.59. The summed E-state index contributed by atoms with van der Waals surface area (Å²) in [5, 5.41) is 0. The maximum absolute atomic E-state index is 12.6. The van der Waals surface area contributed by atoms with Gasteiger partial charge in [0.15, 0.2) is 0 Å². The Labute approximate surface area is 153 Å². The summed E-state index contributed by atoms with van der Waals surface area (Å²) in [5.74, 6) is 0.574. The maximum atomic E-state index is 12.6. The van der Waals surface area contributed by atoms with E-state index >= 15 is 0 Å². The molecule has 6 heteroatoms. The summed E-state index contributed by atoms with van der Waals surface area (Å²) in [4.78, 5) is 25.8. The monoisotopic (exact) mass is 352 g/mol. The Morgan fingerprint density at radius 2 is 1.88 bits per heavy atom. The Morgan fingerprint density at radius 3 is 2.58 bits per heavy atom. The number of benzene rings is 1. The van der Waals surface area contributed by atoms with Crippen LogP contribution < -0.4 is 4.90 Å². The van der Waals surface area contributed by atoms with Crippen LogP contribution in [-0.2, 0) is 16.1 Å². The molecule has 0 amide bonds. The average molecular weight is 352 g/mol. The molecule has 136 valence electrons. The first kappa shape index (κ1) is 17.0. The van der Waals surface area contributed by atoms with Crippen LogP contribution in [-0.4, -0.2) is 53.6 Å². The number of ether oxygens (including phenoxy) is 1. The highest BCUT2D eigenvalue weighted by molar-refractivity contribution is 5.75. The minimum Gasteiger partial charge on any atom is -0.466 e. The molecule has 26 heavy (non-hydrogen) atoms. The summed E-state index contributed by atoms with van der Waals surface area (Å²) in [6.07, 6.45) is 3.51. The van der Waals surface area contributed by atoms with Crippen molar-refractivity contribution in [3.63, 3.8) is 0 Å². The summed E-state index contributed by atoms with van der Waals surface area (Å²) in [5.41, 5.74) is 1.20. The highest BCUT2D eigenvalue weighted by Crippen LogP contribution is 2.45. The third kappa shape index (κ3) is 3.17. The number of esters is 1. The fourth-order valence-corrected chi connectivity index (χ4v) is 4.23. The Balaban J connectivity index is 1.49. The standard InChI is InChI=1S/C20H24N4O2/c1-2-26-18(25)17-12-23(11-16-7-4-3-5-8-16)13-20(17)14-24(15-20)19-21-9-6-10-22-19/h3-10,17H,2,11-15H2,1H3. The predicted molar refractivity (Wildman–Crippen MR) is 98.5 cm³/mol. The first-order valence-corrected chi connectivity index (χ1v) is 9.15. The van der Waals surface area contributed by atoms with Gasteiger partial charge in [-0.3, -0.25) is 9.69 Å². The molecule has 2 aliphatic heterocycles. The molecule has 0 N–H and O–H groups in total. The molecule has 2 aromatic rings. The lowest BCUT2D eigenvalue weighted by Gasteiger charge is -2.50. The maximum Gasteiger partial charge on any atom is 0.310 e. The highest BCUT2D eigenvalue weighted by Gasteiger charge is 2.57. The van der Waals surface area contributed by atoms with Crippen LogP contribution in [0, 0.1) is 11.3 Å². The molecule has 0 saturated carbocycles. The van der Waals surface area contributed by atoms with Crippen molar-refractivity contribution in [1.82, 2.24) is 14.9 Å². The molecule has 0 radical (unpaired) electrons. The van der Waals surface area contributed by atoms with Crippen molar-refractivity contribution in [3.05, 3.63) is 54.4 Å². The molecule has 0 aliphatic carbocycles. The van der Waals surface area contributed by atoms with Gasteiger partial charge in [-0.15, -0.1) is 0 Å². The number of hydrogen-bond acceptors (Lipinski definition) is 6. The molecule has 6 nitrogen and oxygen atoms in total. The molecule has 2 saturated heterocycles. The van der Waals surface area contributed by atoms with E-state index in [4.69, 9.17) is 4.74 Å². The Bertz CT molecular complexity index is 747. The molecule has 1 aromatic carbocycles. The first-order valence-electron chi connectivity index (χ1n) is 9.15. The molecule has 2 aliphatic rings. The number of likely N-dealkylation sites (tertiary alicyclic amines) is 1. The van der Waals surface area contributed by atoms with E-state index in [2.05, 4.69) is 44.0 Å². The van der Waals surface area contributed by atoms with E-state index in [1.54, 1.807) is 12.4 Å². The molecule has 1 atom stereocenters. The summed E-state index contributed by atoms with van der Waals surface area (Å²) >= 11 is 0. The molecule has 3 heterocycles. The van der Waals surface area contributed by atoms with Crippen molar-refractivity contribution in [2.45, 2.75) is 13.5 Å². The van der Waals surface area contributed by atoms with Gasteiger partial charge in [-0.1, -0.05) is 30.3 Å². The van der Waals surface area contributed by atoms with E-state index in [9.17, 15) is 4.79 Å². The number of carbonyl (C=O) groups is 1. The van der Waals surface area contributed by atoms with Crippen molar-refractivity contribution in [1.29, 1.82) is 0 Å². The molecule has 0 bridgehead atoms. The third-order valence-electron chi connectivity index (χ3n) is 5.39. The lowest BCUT2D eigenvalue weighted by atomic mass is 9.71. The van der Waals surface area contributed by atoms with Gasteiger partial charge in [0.1, 0.15) is 0 Å². The minimum atomic E-state index is -0.0916. The van der Waals surface area contributed by atoms with Crippen LogP contribution in [0.4, 0.5) is 5.95 Å². The largest absolute Gasteiger partial charge is 0.466 e. The molecule has 4 rings (SSSR count). The van der Waals surface area contributed by atoms with Gasteiger partial charge >= 0.3 is 5.97 Å². The van der Waals surface area contributed by atoms with Crippen LogP contribution >= 0.6 is 0 Å². The average Bonchev–Trinajstić information content (AvgIpc) is 3.02. The Hall–Kier alpha value is -2.47. The van der Waals surface area contributed by atoms with Gasteiger partial charge in [-0.25, -0.2) is 9.97 Å². The van der Waals surface area contributed by atoms with E-state index in [0.29, 0.717) is 6.61 Å². The van der Waals surface area contributed by atoms with E-state index in [0.717, 1.165) is 38.7 Å². The molecule has 2 fully saturated rings. The second-order valence-corrected chi connectivity index (χ2v) is 7.23.